The van der Waals surface area contributed by atoms with Gasteiger partial charge in [-0.15, -0.1) is 0 Å². The molecule has 2 aromatic carbocycles. The highest BCUT2D eigenvalue weighted by Gasteiger charge is 2.20. The number of carbonyl (C=O) groups excluding carboxylic acids is 1. The van der Waals surface area contributed by atoms with Crippen LogP contribution in [-0.4, -0.2) is 25.6 Å². The standard InChI is InChI=1S/C23H21N3OS/c1-15-8-7-11-19(12-15)26-13-20(18-9-5-4-6-10-18)21-22(26)24-14-25-23(21)28-17(3)16(2)27/h4-14,17H,1-3H3/t17-/m1/s1. The predicted molar refractivity (Wildman–Crippen MR) is 115 cm³/mol. The number of thioether (sulfide) groups is 1. The van der Waals surface area contributed by atoms with Crippen LogP contribution in [0.25, 0.3) is 27.8 Å². The molecule has 2 heterocycles. The van der Waals surface area contributed by atoms with Gasteiger partial charge >= 0.3 is 0 Å². The molecule has 0 N–H and O–H groups in total. The second kappa shape index (κ2) is 7.60. The van der Waals surface area contributed by atoms with Gasteiger partial charge in [0, 0.05) is 17.4 Å². The maximum absolute atomic E-state index is 11.8. The molecule has 4 nitrogen and oxygen atoms in total. The van der Waals surface area contributed by atoms with Crippen molar-refractivity contribution in [1.29, 1.82) is 0 Å². The van der Waals surface area contributed by atoms with Gasteiger partial charge in [0.05, 0.1) is 10.6 Å². The van der Waals surface area contributed by atoms with Crippen LogP contribution >= 0.6 is 11.8 Å². The van der Waals surface area contributed by atoms with Crippen molar-refractivity contribution >= 4 is 28.6 Å². The van der Waals surface area contributed by atoms with E-state index < -0.39 is 0 Å². The Labute approximate surface area is 168 Å². The minimum Gasteiger partial charge on any atom is -0.301 e. The Morgan fingerprint density at radius 3 is 2.57 bits per heavy atom. The van der Waals surface area contributed by atoms with E-state index in [9.17, 15) is 4.79 Å². The number of nitrogens with zero attached hydrogens (tertiary/aromatic N) is 3. The first-order chi connectivity index (χ1) is 13.5. The number of hydrogen-bond acceptors (Lipinski definition) is 4. The molecule has 0 bridgehead atoms. The molecular weight excluding hydrogens is 366 g/mol. The van der Waals surface area contributed by atoms with Crippen LogP contribution in [0.4, 0.5) is 0 Å². The number of hydrogen-bond donors (Lipinski definition) is 0. The number of aryl methyl sites for hydroxylation is 1. The van der Waals surface area contributed by atoms with Crippen molar-refractivity contribution in [2.45, 2.75) is 31.0 Å². The Morgan fingerprint density at radius 1 is 1.07 bits per heavy atom. The highest BCUT2D eigenvalue weighted by atomic mass is 32.2. The zero-order valence-corrected chi connectivity index (χ0v) is 16.9. The molecule has 0 amide bonds. The molecular formula is C23H21N3OS. The van der Waals surface area contributed by atoms with Gasteiger partial charge in [0.1, 0.15) is 22.8 Å². The first kappa shape index (κ1) is 18.4. The van der Waals surface area contributed by atoms with Crippen LogP contribution in [0.2, 0.25) is 0 Å². The summed E-state index contributed by atoms with van der Waals surface area (Å²) >= 11 is 1.49. The van der Waals surface area contributed by atoms with E-state index in [0.717, 1.165) is 32.9 Å². The lowest BCUT2D eigenvalue weighted by Crippen LogP contribution is -2.08. The molecule has 1 atom stereocenters. The Balaban J connectivity index is 1.99. The fraction of sp³-hybridized carbons (Fsp3) is 0.174. The Kier molecular flexibility index (Phi) is 5.01. The van der Waals surface area contributed by atoms with Crippen LogP contribution in [0.3, 0.4) is 0 Å². The molecule has 0 radical (unpaired) electrons. The van der Waals surface area contributed by atoms with E-state index in [-0.39, 0.29) is 11.0 Å². The SMILES string of the molecule is CC(=O)[C@@H](C)Sc1ncnc2c1c(-c1ccccc1)cn2-c1cccc(C)c1. The Morgan fingerprint density at radius 2 is 1.86 bits per heavy atom. The van der Waals surface area contributed by atoms with Crippen LogP contribution in [0.1, 0.15) is 19.4 Å². The Hall–Kier alpha value is -2.92. The zero-order valence-electron chi connectivity index (χ0n) is 16.1. The molecule has 0 spiro atoms. The van der Waals surface area contributed by atoms with Crippen molar-refractivity contribution in [2.24, 2.45) is 0 Å². The molecule has 0 fully saturated rings. The number of fused-ring (bicyclic) bond motifs is 1. The Bertz CT molecular complexity index is 1150. The number of rotatable bonds is 5. The number of ketones is 1. The lowest BCUT2D eigenvalue weighted by Gasteiger charge is -2.09. The van der Waals surface area contributed by atoms with Gasteiger partial charge < -0.3 is 4.57 Å². The topological polar surface area (TPSA) is 47.8 Å². The summed E-state index contributed by atoms with van der Waals surface area (Å²) in [5, 5.41) is 1.65. The summed E-state index contributed by atoms with van der Waals surface area (Å²) in [6, 6.07) is 18.6. The van der Waals surface area contributed by atoms with Gasteiger partial charge in [0.2, 0.25) is 0 Å². The fourth-order valence-corrected chi connectivity index (χ4v) is 4.11. The van der Waals surface area contributed by atoms with Crippen molar-refractivity contribution in [3.05, 3.63) is 72.7 Å². The van der Waals surface area contributed by atoms with Crippen LogP contribution in [0.5, 0.6) is 0 Å². The second-order valence-corrected chi connectivity index (χ2v) is 8.20. The first-order valence-corrected chi connectivity index (χ1v) is 10.1. The number of carbonyl (C=O) groups is 1. The van der Waals surface area contributed by atoms with E-state index in [1.165, 1.54) is 17.3 Å². The quantitative estimate of drug-likeness (QED) is 0.337. The van der Waals surface area contributed by atoms with E-state index in [2.05, 4.69) is 58.0 Å². The maximum atomic E-state index is 11.8. The van der Waals surface area contributed by atoms with Crippen molar-refractivity contribution in [3.63, 3.8) is 0 Å². The maximum Gasteiger partial charge on any atom is 0.149 e. The molecule has 0 saturated heterocycles. The largest absolute Gasteiger partial charge is 0.301 e. The molecule has 4 aromatic rings. The molecule has 0 aliphatic carbocycles. The zero-order chi connectivity index (χ0) is 19.7. The summed E-state index contributed by atoms with van der Waals surface area (Å²) in [4.78, 5) is 21.0. The van der Waals surface area contributed by atoms with Crippen LogP contribution in [0.15, 0.2) is 72.1 Å². The van der Waals surface area contributed by atoms with Crippen LogP contribution in [0, 0.1) is 6.92 Å². The van der Waals surface area contributed by atoms with Crippen LogP contribution in [-0.2, 0) is 4.79 Å². The molecule has 0 unspecified atom stereocenters. The van der Waals surface area contributed by atoms with E-state index in [1.807, 2.05) is 31.2 Å². The van der Waals surface area contributed by atoms with Gasteiger partial charge in [0.25, 0.3) is 0 Å². The van der Waals surface area contributed by atoms with Crippen LogP contribution < -0.4 is 0 Å². The third kappa shape index (κ3) is 3.45. The van der Waals surface area contributed by atoms with Gasteiger partial charge in [0.15, 0.2) is 0 Å². The second-order valence-electron chi connectivity index (χ2n) is 6.87. The summed E-state index contributed by atoms with van der Waals surface area (Å²) in [5.74, 6) is 0.135. The van der Waals surface area contributed by atoms with E-state index >= 15 is 0 Å². The van der Waals surface area contributed by atoms with Crippen molar-refractivity contribution < 1.29 is 4.79 Å². The predicted octanol–water partition coefficient (Wildman–Crippen LogP) is 5.47. The molecule has 28 heavy (non-hydrogen) atoms. The van der Waals surface area contributed by atoms with E-state index in [0.29, 0.717) is 0 Å². The lowest BCUT2D eigenvalue weighted by atomic mass is 10.1. The monoisotopic (exact) mass is 387 g/mol. The third-order valence-corrected chi connectivity index (χ3v) is 5.99. The molecule has 4 rings (SSSR count). The number of aromatic nitrogens is 3. The molecule has 0 aliphatic rings. The molecule has 5 heteroatoms. The fourth-order valence-electron chi connectivity index (χ4n) is 3.18. The van der Waals surface area contributed by atoms with Gasteiger partial charge in [-0.2, -0.15) is 0 Å². The van der Waals surface area contributed by atoms with E-state index in [1.54, 1.807) is 13.3 Å². The molecule has 0 aliphatic heterocycles. The highest BCUT2D eigenvalue weighted by Crippen LogP contribution is 2.38. The van der Waals surface area contributed by atoms with Gasteiger partial charge in [-0.3, -0.25) is 4.79 Å². The minimum absolute atomic E-state index is 0.135. The average molecular weight is 388 g/mol. The van der Waals surface area contributed by atoms with Crippen molar-refractivity contribution in [3.8, 4) is 16.8 Å². The third-order valence-electron chi connectivity index (χ3n) is 4.77. The van der Waals surface area contributed by atoms with Crippen molar-refractivity contribution in [2.75, 3.05) is 0 Å². The van der Waals surface area contributed by atoms with Gasteiger partial charge in [-0.1, -0.05) is 54.2 Å². The number of Topliss-reactive ketones (excluding diaryl/α,β-unsaturated/α-hetero) is 1. The molecule has 2 aromatic heterocycles. The highest BCUT2D eigenvalue weighted by molar-refractivity contribution is 8.00. The van der Waals surface area contributed by atoms with Gasteiger partial charge in [-0.05, 0) is 44.0 Å². The molecule has 140 valence electrons. The molecule has 0 saturated carbocycles. The normalized spacial score (nSPS) is 12.2. The van der Waals surface area contributed by atoms with Gasteiger partial charge in [-0.25, -0.2) is 9.97 Å². The lowest BCUT2D eigenvalue weighted by molar-refractivity contribution is -0.116. The summed E-state index contributed by atoms with van der Waals surface area (Å²) in [6.45, 7) is 5.62. The number of benzene rings is 2. The summed E-state index contributed by atoms with van der Waals surface area (Å²) < 4.78 is 2.11. The summed E-state index contributed by atoms with van der Waals surface area (Å²) in [7, 11) is 0. The average Bonchev–Trinajstić information content (AvgIpc) is 3.09. The van der Waals surface area contributed by atoms with Crippen molar-refractivity contribution in [1.82, 2.24) is 14.5 Å². The minimum atomic E-state index is -0.163. The summed E-state index contributed by atoms with van der Waals surface area (Å²) in [5.41, 5.74) is 5.26. The smallest absolute Gasteiger partial charge is 0.149 e. The first-order valence-electron chi connectivity index (χ1n) is 9.20. The van der Waals surface area contributed by atoms with E-state index in [4.69, 9.17) is 0 Å². The summed E-state index contributed by atoms with van der Waals surface area (Å²) in [6.07, 6.45) is 3.70.